The van der Waals surface area contributed by atoms with Crippen LogP contribution in [0, 0.1) is 0 Å². The average Bonchev–Trinajstić information content (AvgIpc) is 3.02. The molecule has 0 spiro atoms. The summed E-state index contributed by atoms with van der Waals surface area (Å²) in [6.07, 6.45) is 0. The number of aromatic nitrogens is 3. The molecule has 0 aliphatic carbocycles. The van der Waals surface area contributed by atoms with E-state index in [-0.39, 0.29) is 28.3 Å². The lowest BCUT2D eigenvalue weighted by Crippen LogP contribution is -2.15. The Hall–Kier alpha value is -1.93. The molecule has 1 amide bonds. The second-order valence-corrected chi connectivity index (χ2v) is 7.83. The van der Waals surface area contributed by atoms with Gasteiger partial charge < -0.3 is 14.6 Å². The van der Waals surface area contributed by atoms with Gasteiger partial charge in [0.1, 0.15) is 12.4 Å². The highest BCUT2D eigenvalue weighted by Crippen LogP contribution is 2.33. The number of halogens is 3. The normalized spacial score (nSPS) is 10.7. The molecule has 0 atom stereocenters. The lowest BCUT2D eigenvalue weighted by atomic mass is 10.3. The van der Waals surface area contributed by atoms with Crippen LogP contribution in [0.15, 0.2) is 47.6 Å². The number of anilines is 1. The molecule has 1 aromatic heterocycles. The molecule has 0 aliphatic heterocycles. The van der Waals surface area contributed by atoms with Crippen LogP contribution >= 0.6 is 46.6 Å². The van der Waals surface area contributed by atoms with Crippen LogP contribution in [0.25, 0.3) is 0 Å². The standard InChI is InChI=1S/C18H15Cl3N4O2S/c1-25-15(9-27-12-5-3-2-4-6-12)23-24-18(25)28-10-16(26)22-17-13(20)7-11(19)8-14(17)21/h2-8H,9-10H2,1H3,(H,22,26). The van der Waals surface area contributed by atoms with Crippen molar-refractivity contribution in [1.82, 2.24) is 14.8 Å². The smallest absolute Gasteiger partial charge is 0.234 e. The summed E-state index contributed by atoms with van der Waals surface area (Å²) in [5.41, 5.74) is 0.327. The van der Waals surface area contributed by atoms with Gasteiger partial charge in [0.2, 0.25) is 5.91 Å². The maximum absolute atomic E-state index is 12.2. The summed E-state index contributed by atoms with van der Waals surface area (Å²) in [4.78, 5) is 12.2. The molecule has 1 heterocycles. The van der Waals surface area contributed by atoms with Gasteiger partial charge in [-0.1, -0.05) is 64.8 Å². The zero-order valence-electron chi connectivity index (χ0n) is 14.7. The number of hydrogen-bond acceptors (Lipinski definition) is 5. The summed E-state index contributed by atoms with van der Waals surface area (Å²) in [5.74, 6) is 1.23. The molecule has 0 fully saturated rings. The van der Waals surface area contributed by atoms with Gasteiger partial charge in [-0.05, 0) is 24.3 Å². The first-order valence-corrected chi connectivity index (χ1v) is 10.2. The Kier molecular flexibility index (Phi) is 7.07. The number of benzene rings is 2. The van der Waals surface area contributed by atoms with Gasteiger partial charge in [0.05, 0.1) is 21.5 Å². The molecule has 0 bridgehead atoms. The van der Waals surface area contributed by atoms with Gasteiger partial charge in [-0.2, -0.15) is 0 Å². The highest BCUT2D eigenvalue weighted by molar-refractivity contribution is 7.99. The topological polar surface area (TPSA) is 69.0 Å². The van der Waals surface area contributed by atoms with E-state index in [1.807, 2.05) is 37.4 Å². The van der Waals surface area contributed by atoms with E-state index >= 15 is 0 Å². The van der Waals surface area contributed by atoms with Crippen molar-refractivity contribution in [2.75, 3.05) is 11.1 Å². The van der Waals surface area contributed by atoms with E-state index in [1.165, 1.54) is 23.9 Å². The van der Waals surface area contributed by atoms with Crippen molar-refractivity contribution in [3.63, 3.8) is 0 Å². The van der Waals surface area contributed by atoms with Gasteiger partial charge in [0.25, 0.3) is 0 Å². The van der Waals surface area contributed by atoms with Crippen LogP contribution < -0.4 is 10.1 Å². The predicted molar refractivity (Wildman–Crippen MR) is 113 cm³/mol. The maximum Gasteiger partial charge on any atom is 0.234 e. The highest BCUT2D eigenvalue weighted by atomic mass is 35.5. The van der Waals surface area contributed by atoms with Crippen molar-refractivity contribution in [3.05, 3.63) is 63.4 Å². The number of rotatable bonds is 7. The van der Waals surface area contributed by atoms with E-state index in [9.17, 15) is 4.79 Å². The van der Waals surface area contributed by atoms with E-state index in [0.717, 1.165) is 5.75 Å². The molecule has 0 radical (unpaired) electrons. The van der Waals surface area contributed by atoms with E-state index in [0.29, 0.717) is 21.7 Å². The van der Waals surface area contributed by atoms with Crippen LogP contribution in [0.5, 0.6) is 5.75 Å². The third kappa shape index (κ3) is 5.32. The number of ether oxygens (including phenoxy) is 1. The first kappa shape index (κ1) is 20.8. The summed E-state index contributed by atoms with van der Waals surface area (Å²) in [6.45, 7) is 0.274. The number of carbonyl (C=O) groups excluding carboxylic acids is 1. The molecule has 3 rings (SSSR count). The Bertz CT molecular complexity index is 959. The van der Waals surface area contributed by atoms with Gasteiger partial charge in [0.15, 0.2) is 11.0 Å². The molecule has 0 saturated carbocycles. The van der Waals surface area contributed by atoms with Gasteiger partial charge in [0, 0.05) is 12.1 Å². The molecule has 0 unspecified atom stereocenters. The molecular formula is C18H15Cl3N4O2S. The largest absolute Gasteiger partial charge is 0.486 e. The first-order valence-electron chi connectivity index (χ1n) is 8.07. The summed E-state index contributed by atoms with van der Waals surface area (Å²) in [5, 5.41) is 12.4. The van der Waals surface area contributed by atoms with Gasteiger partial charge in [-0.25, -0.2) is 0 Å². The van der Waals surface area contributed by atoms with Crippen LogP contribution in [-0.4, -0.2) is 26.4 Å². The number of nitrogens with one attached hydrogen (secondary N) is 1. The Morgan fingerprint density at radius 3 is 2.50 bits per heavy atom. The molecule has 0 aliphatic rings. The average molecular weight is 458 g/mol. The minimum Gasteiger partial charge on any atom is -0.486 e. The van der Waals surface area contributed by atoms with Gasteiger partial charge in [-0.3, -0.25) is 4.79 Å². The minimum atomic E-state index is -0.277. The third-order valence-corrected chi connectivity index (χ3v) is 5.47. The van der Waals surface area contributed by atoms with E-state index in [2.05, 4.69) is 15.5 Å². The fraction of sp³-hybridized carbons (Fsp3) is 0.167. The third-order valence-electron chi connectivity index (χ3n) is 3.64. The van der Waals surface area contributed by atoms with Gasteiger partial charge in [-0.15, -0.1) is 10.2 Å². The Labute approximate surface area is 181 Å². The highest BCUT2D eigenvalue weighted by Gasteiger charge is 2.15. The minimum absolute atomic E-state index is 0.112. The zero-order chi connectivity index (χ0) is 20.1. The van der Waals surface area contributed by atoms with Crippen molar-refractivity contribution in [1.29, 1.82) is 0 Å². The van der Waals surface area contributed by atoms with Crippen LogP contribution in [-0.2, 0) is 18.4 Å². The second-order valence-electron chi connectivity index (χ2n) is 5.64. The number of amides is 1. The van der Waals surface area contributed by atoms with Crippen LogP contribution in [0.1, 0.15) is 5.82 Å². The van der Waals surface area contributed by atoms with E-state index in [1.54, 1.807) is 4.57 Å². The Morgan fingerprint density at radius 2 is 1.82 bits per heavy atom. The Balaban J connectivity index is 1.56. The fourth-order valence-electron chi connectivity index (χ4n) is 2.23. The molecule has 6 nitrogen and oxygen atoms in total. The van der Waals surface area contributed by atoms with Crippen molar-refractivity contribution in [2.24, 2.45) is 7.05 Å². The van der Waals surface area contributed by atoms with E-state index in [4.69, 9.17) is 39.5 Å². The summed E-state index contributed by atoms with van der Waals surface area (Å²) in [6, 6.07) is 12.5. The van der Waals surface area contributed by atoms with Gasteiger partial charge >= 0.3 is 0 Å². The number of carbonyl (C=O) groups is 1. The van der Waals surface area contributed by atoms with Crippen molar-refractivity contribution >= 4 is 58.2 Å². The van der Waals surface area contributed by atoms with Crippen LogP contribution in [0.4, 0.5) is 5.69 Å². The second kappa shape index (κ2) is 9.52. The number of para-hydroxylation sites is 1. The molecule has 1 N–H and O–H groups in total. The molecular weight excluding hydrogens is 443 g/mol. The summed E-state index contributed by atoms with van der Waals surface area (Å²) in [7, 11) is 1.82. The lowest BCUT2D eigenvalue weighted by Gasteiger charge is -2.10. The number of hydrogen-bond donors (Lipinski definition) is 1. The molecule has 0 saturated heterocycles. The Morgan fingerprint density at radius 1 is 1.14 bits per heavy atom. The van der Waals surface area contributed by atoms with Crippen LogP contribution in [0.2, 0.25) is 15.1 Å². The summed E-state index contributed by atoms with van der Waals surface area (Å²) >= 11 is 19.3. The SMILES string of the molecule is Cn1c(COc2ccccc2)nnc1SCC(=O)Nc1c(Cl)cc(Cl)cc1Cl. The molecule has 10 heteroatoms. The molecule has 2 aromatic carbocycles. The van der Waals surface area contributed by atoms with Crippen LogP contribution in [0.3, 0.4) is 0 Å². The molecule has 28 heavy (non-hydrogen) atoms. The molecule has 3 aromatic rings. The lowest BCUT2D eigenvalue weighted by molar-refractivity contribution is -0.113. The van der Waals surface area contributed by atoms with Crippen molar-refractivity contribution < 1.29 is 9.53 Å². The predicted octanol–water partition coefficient (Wildman–Crippen LogP) is 5.09. The van der Waals surface area contributed by atoms with Crippen molar-refractivity contribution in [3.8, 4) is 5.75 Å². The zero-order valence-corrected chi connectivity index (χ0v) is 17.7. The summed E-state index contributed by atoms with van der Waals surface area (Å²) < 4.78 is 7.46. The molecule has 146 valence electrons. The number of thioether (sulfide) groups is 1. The monoisotopic (exact) mass is 456 g/mol. The van der Waals surface area contributed by atoms with Crippen molar-refractivity contribution in [2.45, 2.75) is 11.8 Å². The van der Waals surface area contributed by atoms with E-state index < -0.39 is 0 Å². The quantitative estimate of drug-likeness (QED) is 0.501. The maximum atomic E-state index is 12.2. The first-order chi connectivity index (χ1) is 13.4. The number of nitrogens with zero attached hydrogens (tertiary/aromatic N) is 3. The fourth-order valence-corrected chi connectivity index (χ4v) is 3.87.